The Hall–Kier alpha value is -2.40. The van der Waals surface area contributed by atoms with Crippen molar-refractivity contribution in [3.05, 3.63) is 47.0 Å². The molecule has 3 aromatic rings. The van der Waals surface area contributed by atoms with Gasteiger partial charge in [0, 0.05) is 12.0 Å². The van der Waals surface area contributed by atoms with Crippen LogP contribution in [0.5, 0.6) is 5.75 Å². The van der Waals surface area contributed by atoms with Crippen molar-refractivity contribution in [2.45, 2.75) is 45.4 Å². The Morgan fingerprint density at radius 3 is 2.79 bits per heavy atom. The number of ether oxygens (including phenoxy) is 2. The molecule has 0 aliphatic heterocycles. The van der Waals surface area contributed by atoms with Gasteiger partial charge in [0.15, 0.2) is 0 Å². The molecule has 1 saturated carbocycles. The first kappa shape index (κ1) is 19.9. The van der Waals surface area contributed by atoms with Crippen LogP contribution in [-0.4, -0.2) is 24.7 Å². The lowest BCUT2D eigenvalue weighted by Crippen LogP contribution is -2.09. The highest BCUT2D eigenvalue weighted by Crippen LogP contribution is 2.35. The summed E-state index contributed by atoms with van der Waals surface area (Å²) in [6.45, 7) is 2.81. The van der Waals surface area contributed by atoms with E-state index in [1.807, 2.05) is 13.0 Å². The van der Waals surface area contributed by atoms with Gasteiger partial charge in [-0.1, -0.05) is 25.0 Å². The van der Waals surface area contributed by atoms with Crippen molar-refractivity contribution in [1.29, 1.82) is 0 Å². The smallest absolute Gasteiger partial charge is 0.305 e. The largest absolute Gasteiger partial charge is 0.493 e. The van der Waals surface area contributed by atoms with Crippen molar-refractivity contribution in [1.82, 2.24) is 4.98 Å². The Bertz CT molecular complexity index is 1000. The molecule has 0 unspecified atom stereocenters. The third kappa shape index (κ3) is 4.78. The minimum atomic E-state index is -0.188. The van der Waals surface area contributed by atoms with E-state index >= 15 is 0 Å². The van der Waals surface area contributed by atoms with Crippen LogP contribution in [0.3, 0.4) is 0 Å². The number of esters is 1. The highest BCUT2D eigenvalue weighted by atomic mass is 32.1. The Labute approximate surface area is 175 Å². The molecule has 0 radical (unpaired) electrons. The molecular formula is C24H27NO3S. The minimum absolute atomic E-state index is 0.188. The lowest BCUT2D eigenvalue weighted by Gasteiger charge is -2.16. The van der Waals surface area contributed by atoms with E-state index in [0.29, 0.717) is 18.8 Å². The van der Waals surface area contributed by atoms with Crippen LogP contribution < -0.4 is 4.74 Å². The van der Waals surface area contributed by atoms with Gasteiger partial charge in [-0.05, 0) is 67.5 Å². The molecule has 0 N–H and O–H groups in total. The third-order valence-corrected chi connectivity index (χ3v) is 6.60. The summed E-state index contributed by atoms with van der Waals surface area (Å²) in [5.74, 6) is 1.38. The van der Waals surface area contributed by atoms with Crippen molar-refractivity contribution in [3.8, 4) is 16.9 Å². The van der Waals surface area contributed by atoms with Gasteiger partial charge in [-0.3, -0.25) is 4.79 Å². The lowest BCUT2D eigenvalue weighted by molar-refractivity contribution is -0.140. The Balaban J connectivity index is 1.64. The molecular weight excluding hydrogens is 382 g/mol. The van der Waals surface area contributed by atoms with Crippen LogP contribution in [-0.2, 0) is 16.0 Å². The fourth-order valence-electron chi connectivity index (χ4n) is 4.03. The monoisotopic (exact) mass is 409 g/mol. The minimum Gasteiger partial charge on any atom is -0.493 e. The number of rotatable bonds is 7. The quantitative estimate of drug-likeness (QED) is 0.453. The third-order valence-electron chi connectivity index (χ3n) is 5.64. The number of aromatic nitrogens is 1. The van der Waals surface area contributed by atoms with E-state index in [-0.39, 0.29) is 5.97 Å². The summed E-state index contributed by atoms with van der Waals surface area (Å²) >= 11 is 1.71. The standard InChI is InChI=1S/C24H27NO3S/c1-16-25-21-14-19(9-11-23(21)29-16)20-13-17(8-12-24(26)27-2)7-10-22(20)28-15-18-5-3-4-6-18/h7,9-11,13-14,18H,3-6,8,12,15H2,1-2H3. The zero-order valence-corrected chi connectivity index (χ0v) is 17.9. The van der Waals surface area contributed by atoms with E-state index in [1.165, 1.54) is 37.5 Å². The summed E-state index contributed by atoms with van der Waals surface area (Å²) in [5.41, 5.74) is 4.29. The summed E-state index contributed by atoms with van der Waals surface area (Å²) in [7, 11) is 1.43. The molecule has 4 rings (SSSR count). The SMILES string of the molecule is COC(=O)CCc1ccc(OCC2CCCC2)c(-c2ccc3sc(C)nc3c2)c1. The second kappa shape index (κ2) is 8.95. The molecule has 152 valence electrons. The van der Waals surface area contributed by atoms with Crippen LogP contribution >= 0.6 is 11.3 Å². The first-order chi connectivity index (χ1) is 14.1. The number of carbonyl (C=O) groups excluding carboxylic acids is 1. The number of nitrogens with zero attached hydrogens (tertiary/aromatic N) is 1. The maximum absolute atomic E-state index is 11.6. The van der Waals surface area contributed by atoms with Gasteiger partial charge in [0.05, 0.1) is 28.9 Å². The molecule has 1 heterocycles. The number of methoxy groups -OCH3 is 1. The summed E-state index contributed by atoms with van der Waals surface area (Å²) in [4.78, 5) is 16.2. The van der Waals surface area contributed by atoms with Crippen LogP contribution in [0, 0.1) is 12.8 Å². The van der Waals surface area contributed by atoms with Gasteiger partial charge in [-0.15, -0.1) is 11.3 Å². The summed E-state index contributed by atoms with van der Waals surface area (Å²) in [6, 6.07) is 12.7. The molecule has 0 bridgehead atoms. The first-order valence-electron chi connectivity index (χ1n) is 10.3. The summed E-state index contributed by atoms with van der Waals surface area (Å²) < 4.78 is 12.3. The van der Waals surface area contributed by atoms with E-state index in [0.717, 1.165) is 39.6 Å². The second-order valence-electron chi connectivity index (χ2n) is 7.78. The fraction of sp³-hybridized carbons (Fsp3) is 0.417. The molecule has 1 aromatic heterocycles. The summed E-state index contributed by atoms with van der Waals surface area (Å²) in [5, 5.41) is 1.07. The van der Waals surface area contributed by atoms with Crippen molar-refractivity contribution >= 4 is 27.5 Å². The molecule has 0 amide bonds. The molecule has 4 nitrogen and oxygen atoms in total. The van der Waals surface area contributed by atoms with E-state index in [2.05, 4.69) is 35.3 Å². The molecule has 0 saturated heterocycles. The predicted octanol–water partition coefficient (Wildman–Crippen LogP) is 5.95. The van der Waals surface area contributed by atoms with Crippen LogP contribution in [0.15, 0.2) is 36.4 Å². The molecule has 2 aromatic carbocycles. The lowest BCUT2D eigenvalue weighted by atomic mass is 9.99. The van der Waals surface area contributed by atoms with Crippen molar-refractivity contribution in [2.24, 2.45) is 5.92 Å². The Morgan fingerprint density at radius 1 is 1.17 bits per heavy atom. The normalized spacial score (nSPS) is 14.4. The van der Waals surface area contributed by atoms with Gasteiger partial charge < -0.3 is 9.47 Å². The van der Waals surface area contributed by atoms with E-state index in [9.17, 15) is 4.79 Å². The number of benzene rings is 2. The van der Waals surface area contributed by atoms with Gasteiger partial charge in [-0.2, -0.15) is 0 Å². The number of fused-ring (bicyclic) bond motifs is 1. The second-order valence-corrected chi connectivity index (χ2v) is 9.02. The van der Waals surface area contributed by atoms with Crippen LogP contribution in [0.25, 0.3) is 21.3 Å². The van der Waals surface area contributed by atoms with Gasteiger partial charge >= 0.3 is 5.97 Å². The zero-order valence-electron chi connectivity index (χ0n) is 17.1. The molecule has 1 fully saturated rings. The number of hydrogen-bond acceptors (Lipinski definition) is 5. The van der Waals surface area contributed by atoms with Gasteiger partial charge in [0.2, 0.25) is 0 Å². The molecule has 1 aliphatic rings. The van der Waals surface area contributed by atoms with Crippen LogP contribution in [0.1, 0.15) is 42.7 Å². The van der Waals surface area contributed by atoms with Crippen molar-refractivity contribution in [2.75, 3.05) is 13.7 Å². The number of aryl methyl sites for hydroxylation is 2. The highest BCUT2D eigenvalue weighted by Gasteiger charge is 2.17. The Kier molecular flexibility index (Phi) is 6.14. The van der Waals surface area contributed by atoms with E-state index in [1.54, 1.807) is 11.3 Å². The highest BCUT2D eigenvalue weighted by molar-refractivity contribution is 7.18. The fourth-order valence-corrected chi connectivity index (χ4v) is 4.83. The van der Waals surface area contributed by atoms with Crippen molar-refractivity contribution < 1.29 is 14.3 Å². The van der Waals surface area contributed by atoms with Gasteiger partial charge in [0.25, 0.3) is 0 Å². The Morgan fingerprint density at radius 2 is 2.00 bits per heavy atom. The number of hydrogen-bond donors (Lipinski definition) is 0. The van der Waals surface area contributed by atoms with E-state index < -0.39 is 0 Å². The van der Waals surface area contributed by atoms with Gasteiger partial charge in [0.1, 0.15) is 5.75 Å². The molecule has 0 spiro atoms. The topological polar surface area (TPSA) is 48.4 Å². The maximum Gasteiger partial charge on any atom is 0.305 e. The average molecular weight is 410 g/mol. The number of carbonyl (C=O) groups is 1. The molecule has 5 heteroatoms. The molecule has 0 atom stereocenters. The van der Waals surface area contributed by atoms with E-state index in [4.69, 9.17) is 9.47 Å². The van der Waals surface area contributed by atoms with Crippen LogP contribution in [0.4, 0.5) is 0 Å². The molecule has 29 heavy (non-hydrogen) atoms. The molecule has 1 aliphatic carbocycles. The number of thiazole rings is 1. The first-order valence-corrected chi connectivity index (χ1v) is 11.1. The van der Waals surface area contributed by atoms with Crippen molar-refractivity contribution in [3.63, 3.8) is 0 Å². The predicted molar refractivity (Wildman–Crippen MR) is 118 cm³/mol. The van der Waals surface area contributed by atoms with Crippen LogP contribution in [0.2, 0.25) is 0 Å². The maximum atomic E-state index is 11.6. The average Bonchev–Trinajstić information content (AvgIpc) is 3.38. The summed E-state index contributed by atoms with van der Waals surface area (Å²) in [6.07, 6.45) is 6.18. The zero-order chi connectivity index (χ0) is 20.2. The van der Waals surface area contributed by atoms with Gasteiger partial charge in [-0.25, -0.2) is 4.98 Å².